The second-order valence-electron chi connectivity index (χ2n) is 6.17. The molecule has 0 aliphatic rings. The number of benzene rings is 2. The van der Waals surface area contributed by atoms with Crippen LogP contribution in [-0.4, -0.2) is 11.8 Å². The molecule has 2 aromatic carbocycles. The Balaban J connectivity index is 2.03. The maximum absolute atomic E-state index is 12.5. The number of halogens is 1. The van der Waals surface area contributed by atoms with E-state index in [0.29, 0.717) is 17.3 Å². The third kappa shape index (κ3) is 4.15. The van der Waals surface area contributed by atoms with Crippen LogP contribution in [0.1, 0.15) is 25.0 Å². The molecule has 5 heteroatoms. The van der Waals surface area contributed by atoms with Gasteiger partial charge in [0, 0.05) is 6.54 Å². The fourth-order valence-electron chi connectivity index (χ4n) is 2.15. The molecule has 0 heterocycles. The zero-order chi connectivity index (χ0) is 17.7. The maximum atomic E-state index is 12.5. The second-order valence-corrected chi connectivity index (χ2v) is 6.58. The van der Waals surface area contributed by atoms with Gasteiger partial charge in [-0.25, -0.2) is 0 Å². The van der Waals surface area contributed by atoms with E-state index in [1.165, 1.54) is 0 Å². The predicted octanol–water partition coefficient (Wildman–Crippen LogP) is 3.93. The van der Waals surface area contributed by atoms with Crippen LogP contribution in [0.2, 0.25) is 5.02 Å². The number of carbonyl (C=O) groups is 2. The molecule has 0 aromatic heterocycles. The lowest BCUT2D eigenvalue weighted by molar-refractivity contribution is -0.138. The minimum atomic E-state index is -1.22. The molecule has 0 unspecified atom stereocenters. The molecule has 0 saturated heterocycles. The van der Waals surface area contributed by atoms with E-state index in [0.717, 1.165) is 11.1 Å². The lowest BCUT2D eigenvalue weighted by Crippen LogP contribution is -2.45. The summed E-state index contributed by atoms with van der Waals surface area (Å²) in [5, 5.41) is 5.97. The Labute approximate surface area is 147 Å². The van der Waals surface area contributed by atoms with E-state index in [2.05, 4.69) is 10.6 Å². The Bertz CT molecular complexity index is 757. The van der Waals surface area contributed by atoms with Gasteiger partial charge in [0.05, 0.1) is 10.7 Å². The van der Waals surface area contributed by atoms with Gasteiger partial charge in [0.25, 0.3) is 0 Å². The van der Waals surface area contributed by atoms with Crippen molar-refractivity contribution >= 4 is 29.1 Å². The van der Waals surface area contributed by atoms with Crippen molar-refractivity contribution in [3.63, 3.8) is 0 Å². The number of carbonyl (C=O) groups excluding carboxylic acids is 2. The van der Waals surface area contributed by atoms with Gasteiger partial charge in [-0.3, -0.25) is 9.59 Å². The molecule has 24 heavy (non-hydrogen) atoms. The number of nitrogens with one attached hydrogen (secondary N) is 2. The monoisotopic (exact) mass is 344 g/mol. The van der Waals surface area contributed by atoms with Gasteiger partial charge in [0.15, 0.2) is 0 Å². The van der Waals surface area contributed by atoms with Gasteiger partial charge >= 0.3 is 0 Å². The predicted molar refractivity (Wildman–Crippen MR) is 96.9 cm³/mol. The van der Waals surface area contributed by atoms with Crippen molar-refractivity contribution in [3.05, 3.63) is 64.7 Å². The quantitative estimate of drug-likeness (QED) is 0.807. The van der Waals surface area contributed by atoms with E-state index in [1.807, 2.05) is 31.2 Å². The summed E-state index contributed by atoms with van der Waals surface area (Å²) in [6.07, 6.45) is 0. The molecular weight excluding hydrogens is 324 g/mol. The first-order valence-electron chi connectivity index (χ1n) is 7.71. The van der Waals surface area contributed by atoms with Crippen molar-refractivity contribution < 1.29 is 9.59 Å². The van der Waals surface area contributed by atoms with Crippen LogP contribution in [0.5, 0.6) is 0 Å². The summed E-state index contributed by atoms with van der Waals surface area (Å²) in [5.41, 5.74) is 1.38. The highest BCUT2D eigenvalue weighted by Crippen LogP contribution is 2.24. The Morgan fingerprint density at radius 2 is 1.62 bits per heavy atom. The van der Waals surface area contributed by atoms with Crippen LogP contribution in [0.4, 0.5) is 5.69 Å². The van der Waals surface area contributed by atoms with E-state index >= 15 is 0 Å². The van der Waals surface area contributed by atoms with Gasteiger partial charge in [-0.2, -0.15) is 0 Å². The lowest BCUT2D eigenvalue weighted by atomic mass is 9.90. The first-order valence-corrected chi connectivity index (χ1v) is 8.09. The summed E-state index contributed by atoms with van der Waals surface area (Å²) in [7, 11) is 0. The van der Waals surface area contributed by atoms with Gasteiger partial charge in [0.2, 0.25) is 11.8 Å². The lowest BCUT2D eigenvalue weighted by Gasteiger charge is -2.23. The zero-order valence-electron chi connectivity index (χ0n) is 14.0. The van der Waals surface area contributed by atoms with Crippen LogP contribution in [-0.2, 0) is 16.1 Å². The SMILES string of the molecule is Cc1ccccc1CNC(=O)C(C)(C)C(=O)Nc1ccccc1Cl. The highest BCUT2D eigenvalue weighted by molar-refractivity contribution is 6.33. The van der Waals surface area contributed by atoms with Crippen molar-refractivity contribution in [1.82, 2.24) is 5.32 Å². The van der Waals surface area contributed by atoms with Gasteiger partial charge in [-0.15, -0.1) is 0 Å². The Hall–Kier alpha value is -2.33. The number of amides is 2. The number of para-hydroxylation sites is 1. The highest BCUT2D eigenvalue weighted by atomic mass is 35.5. The number of hydrogen-bond donors (Lipinski definition) is 2. The van der Waals surface area contributed by atoms with Crippen LogP contribution >= 0.6 is 11.6 Å². The van der Waals surface area contributed by atoms with E-state index in [1.54, 1.807) is 38.1 Å². The van der Waals surface area contributed by atoms with Gasteiger partial charge in [-0.1, -0.05) is 48.0 Å². The highest BCUT2D eigenvalue weighted by Gasteiger charge is 2.36. The van der Waals surface area contributed by atoms with E-state index in [9.17, 15) is 9.59 Å². The van der Waals surface area contributed by atoms with Gasteiger partial charge in [-0.05, 0) is 44.0 Å². The van der Waals surface area contributed by atoms with E-state index in [-0.39, 0.29) is 5.91 Å². The molecule has 4 nitrogen and oxygen atoms in total. The molecule has 0 aliphatic heterocycles. The normalized spacial score (nSPS) is 11.0. The van der Waals surface area contributed by atoms with E-state index < -0.39 is 11.3 Å². The van der Waals surface area contributed by atoms with Crippen LogP contribution in [0.25, 0.3) is 0 Å². The first kappa shape index (κ1) is 18.0. The zero-order valence-corrected chi connectivity index (χ0v) is 14.8. The van der Waals surface area contributed by atoms with Crippen molar-refractivity contribution in [2.75, 3.05) is 5.32 Å². The largest absolute Gasteiger partial charge is 0.351 e. The fourth-order valence-corrected chi connectivity index (χ4v) is 2.33. The molecule has 0 atom stereocenters. The molecule has 0 fully saturated rings. The van der Waals surface area contributed by atoms with Gasteiger partial charge in [0.1, 0.15) is 5.41 Å². The number of rotatable bonds is 5. The molecule has 126 valence electrons. The number of aryl methyl sites for hydroxylation is 1. The van der Waals surface area contributed by atoms with E-state index in [4.69, 9.17) is 11.6 Å². The third-order valence-electron chi connectivity index (χ3n) is 3.96. The smallest absolute Gasteiger partial charge is 0.239 e. The second kappa shape index (κ2) is 7.49. The summed E-state index contributed by atoms with van der Waals surface area (Å²) < 4.78 is 0. The van der Waals surface area contributed by atoms with Crippen molar-refractivity contribution in [2.45, 2.75) is 27.3 Å². The molecule has 0 radical (unpaired) electrons. The summed E-state index contributed by atoms with van der Waals surface area (Å²) >= 11 is 6.04. The van der Waals surface area contributed by atoms with Crippen molar-refractivity contribution in [3.8, 4) is 0 Å². The Kier molecular flexibility index (Phi) is 5.62. The molecule has 0 saturated carbocycles. The number of hydrogen-bond acceptors (Lipinski definition) is 2. The van der Waals surface area contributed by atoms with Crippen molar-refractivity contribution in [2.24, 2.45) is 5.41 Å². The molecule has 2 rings (SSSR count). The van der Waals surface area contributed by atoms with Crippen LogP contribution in [0, 0.1) is 12.3 Å². The molecule has 0 bridgehead atoms. The van der Waals surface area contributed by atoms with Crippen LogP contribution in [0.15, 0.2) is 48.5 Å². The van der Waals surface area contributed by atoms with Gasteiger partial charge < -0.3 is 10.6 Å². The number of anilines is 1. The summed E-state index contributed by atoms with van der Waals surface area (Å²) in [5.74, 6) is -0.742. The molecular formula is C19H21ClN2O2. The minimum Gasteiger partial charge on any atom is -0.351 e. The topological polar surface area (TPSA) is 58.2 Å². The summed E-state index contributed by atoms with van der Waals surface area (Å²) in [4.78, 5) is 24.9. The standard InChI is InChI=1S/C19H21ClN2O2/c1-13-8-4-5-9-14(13)12-21-17(23)19(2,3)18(24)22-16-11-7-6-10-15(16)20/h4-11H,12H2,1-3H3,(H,21,23)(H,22,24). The van der Waals surface area contributed by atoms with Crippen LogP contribution < -0.4 is 10.6 Å². The average Bonchev–Trinajstić information content (AvgIpc) is 2.55. The molecule has 2 N–H and O–H groups in total. The molecule has 0 aliphatic carbocycles. The molecule has 0 spiro atoms. The fraction of sp³-hybridized carbons (Fsp3) is 0.263. The van der Waals surface area contributed by atoms with Crippen LogP contribution in [0.3, 0.4) is 0 Å². The Morgan fingerprint density at radius 3 is 2.29 bits per heavy atom. The first-order chi connectivity index (χ1) is 11.3. The summed E-state index contributed by atoms with van der Waals surface area (Å²) in [6, 6.07) is 14.7. The maximum Gasteiger partial charge on any atom is 0.239 e. The Morgan fingerprint density at radius 1 is 1.00 bits per heavy atom. The third-order valence-corrected chi connectivity index (χ3v) is 4.29. The minimum absolute atomic E-state index is 0.338. The van der Waals surface area contributed by atoms with Crippen molar-refractivity contribution in [1.29, 1.82) is 0 Å². The molecule has 2 aromatic rings. The average molecular weight is 345 g/mol. The molecule has 2 amide bonds. The summed E-state index contributed by atoms with van der Waals surface area (Å²) in [6.45, 7) is 5.55.